The van der Waals surface area contributed by atoms with E-state index in [9.17, 15) is 19.0 Å². The summed E-state index contributed by atoms with van der Waals surface area (Å²) in [6.07, 6.45) is 121. The normalized spacial score (nSPS) is 13.8. The van der Waals surface area contributed by atoms with E-state index in [1.807, 2.05) is 21.1 Å². The van der Waals surface area contributed by atoms with Gasteiger partial charge in [-0.15, -0.1) is 0 Å². The van der Waals surface area contributed by atoms with Crippen molar-refractivity contribution in [3.05, 3.63) is 158 Å². The van der Waals surface area contributed by atoms with Crippen molar-refractivity contribution >= 4 is 19.8 Å². The lowest BCUT2D eigenvalue weighted by molar-refractivity contribution is -0.870. The average molecular weight is 1440 g/mol. The molecule has 0 aliphatic carbocycles. The van der Waals surface area contributed by atoms with Gasteiger partial charge in [0, 0.05) is 12.8 Å². The molecule has 0 saturated heterocycles. The third-order valence-electron chi connectivity index (χ3n) is 18.1. The average Bonchev–Trinajstić information content (AvgIpc) is 0.913. The molecule has 0 saturated carbocycles. The van der Waals surface area contributed by atoms with Gasteiger partial charge < -0.3 is 18.9 Å². The summed E-state index contributed by atoms with van der Waals surface area (Å²) >= 11 is 0. The van der Waals surface area contributed by atoms with Crippen LogP contribution < -0.4 is 0 Å². The van der Waals surface area contributed by atoms with Gasteiger partial charge in [0.15, 0.2) is 6.10 Å². The number of phosphoric ester groups is 1. The summed E-state index contributed by atoms with van der Waals surface area (Å²) in [6.45, 7) is 4.23. The van der Waals surface area contributed by atoms with Gasteiger partial charge in [0.25, 0.3) is 0 Å². The number of nitrogens with zero attached hydrogens (tertiary/aromatic N) is 1. The minimum atomic E-state index is -4.41. The Balaban J connectivity index is 3.96. The molecule has 0 aliphatic rings. The second kappa shape index (κ2) is 80.7. The zero-order chi connectivity index (χ0) is 74.0. The van der Waals surface area contributed by atoms with Crippen LogP contribution >= 0.6 is 7.82 Å². The molecule has 0 aromatic heterocycles. The smallest absolute Gasteiger partial charge is 0.462 e. The standard InChI is InChI=1S/C92H158NO8P/c1-6-8-10-12-14-16-18-20-22-24-26-28-30-32-34-36-38-40-42-44-45-46-47-49-50-52-54-56-58-60-62-64-66-68-70-72-74-76-78-80-82-84-91(94)98-88-90(89-100-102(96,97)99-87-86-93(3,4)5)101-92(95)85-83-81-79-77-75-73-71-69-67-65-63-61-59-57-55-53-51-48-43-41-39-37-35-33-31-29-27-25-23-21-19-17-15-13-11-9-7-2/h8-11,14-17,20-23,26-29,33,35,39,41,48,51,55,57,61,63,90H,6-7,12-13,18-19,24-25,30-32,34,36-38,40,42-47,49-50,52-54,56,58-60,62,64-89H2,1-5H3/p+1/b10-8-,11-9-,16-14-,17-15-,22-20-,23-21-,28-26-,29-27-,35-33-,41-39-,51-48-,57-55-,63-61-. The summed E-state index contributed by atoms with van der Waals surface area (Å²) < 4.78 is 34.8. The fourth-order valence-electron chi connectivity index (χ4n) is 11.7. The van der Waals surface area contributed by atoms with Crippen LogP contribution in [-0.4, -0.2) is 74.9 Å². The summed E-state index contributed by atoms with van der Waals surface area (Å²) in [5.74, 6) is -0.798. The number of quaternary nitrogens is 1. The zero-order valence-electron chi connectivity index (χ0n) is 66.8. The van der Waals surface area contributed by atoms with Crippen LogP contribution in [0, 0.1) is 0 Å². The summed E-state index contributed by atoms with van der Waals surface area (Å²) in [7, 11) is 1.47. The Kier molecular flexibility index (Phi) is 77.3. The van der Waals surface area contributed by atoms with Crippen LogP contribution in [0.2, 0.25) is 0 Å². The second-order valence-electron chi connectivity index (χ2n) is 29.1. The van der Waals surface area contributed by atoms with Gasteiger partial charge in [-0.3, -0.25) is 18.6 Å². The van der Waals surface area contributed by atoms with E-state index in [1.54, 1.807) is 0 Å². The quantitative estimate of drug-likeness (QED) is 0.0211. The lowest BCUT2D eigenvalue weighted by Crippen LogP contribution is -2.37. The van der Waals surface area contributed by atoms with Gasteiger partial charge >= 0.3 is 19.8 Å². The minimum Gasteiger partial charge on any atom is -0.462 e. The zero-order valence-corrected chi connectivity index (χ0v) is 67.7. The van der Waals surface area contributed by atoms with Crippen LogP contribution in [0.15, 0.2) is 158 Å². The maximum absolute atomic E-state index is 12.9. The SMILES string of the molecule is CC/C=C\C/C=C\C/C=C\C/C=C\C/C=C\C/C=C\C/C=C\C/C=C\C/C=C\CCCCCCCCCCCC(=O)OC(COC(=O)CCCCCCCCCCCCCCCCCCCCCCCCCCCCCC/C=C\C/C=C\C/C=C\C/C=C\CC)COP(=O)(O)OCC[N+](C)(C)C. The van der Waals surface area contributed by atoms with E-state index in [-0.39, 0.29) is 32.0 Å². The Morgan fingerprint density at radius 1 is 0.304 bits per heavy atom. The van der Waals surface area contributed by atoms with E-state index in [0.29, 0.717) is 17.4 Å². The number of phosphoric acid groups is 1. The van der Waals surface area contributed by atoms with Crippen LogP contribution in [0.4, 0.5) is 0 Å². The van der Waals surface area contributed by atoms with Gasteiger partial charge in [0.1, 0.15) is 19.8 Å². The molecule has 0 amide bonds. The third-order valence-corrected chi connectivity index (χ3v) is 19.0. The van der Waals surface area contributed by atoms with Crippen molar-refractivity contribution in [3.63, 3.8) is 0 Å². The number of likely N-dealkylation sites (N-methyl/N-ethyl adjacent to an activating group) is 1. The lowest BCUT2D eigenvalue weighted by Gasteiger charge is -2.24. The molecule has 584 valence electrons. The third kappa shape index (κ3) is 84.6. The first kappa shape index (κ1) is 97.6. The van der Waals surface area contributed by atoms with Crippen molar-refractivity contribution in [1.82, 2.24) is 0 Å². The van der Waals surface area contributed by atoms with Crippen molar-refractivity contribution in [2.45, 2.75) is 367 Å². The molecule has 0 heterocycles. The summed E-state index contributed by atoms with van der Waals surface area (Å²) in [5.41, 5.74) is 0. The molecule has 2 atom stereocenters. The van der Waals surface area contributed by atoms with Gasteiger partial charge in [-0.2, -0.15) is 0 Å². The van der Waals surface area contributed by atoms with E-state index >= 15 is 0 Å². The molecule has 0 spiro atoms. The minimum absolute atomic E-state index is 0.0257. The molecule has 10 heteroatoms. The molecule has 0 aliphatic heterocycles. The van der Waals surface area contributed by atoms with Crippen LogP contribution in [0.25, 0.3) is 0 Å². The molecule has 102 heavy (non-hydrogen) atoms. The number of hydrogen-bond acceptors (Lipinski definition) is 7. The lowest BCUT2D eigenvalue weighted by atomic mass is 10.0. The monoisotopic (exact) mass is 1440 g/mol. The maximum atomic E-state index is 12.9. The van der Waals surface area contributed by atoms with Crippen molar-refractivity contribution in [2.24, 2.45) is 0 Å². The number of rotatable bonds is 77. The molecule has 0 aromatic carbocycles. The van der Waals surface area contributed by atoms with E-state index in [0.717, 1.165) is 128 Å². The van der Waals surface area contributed by atoms with Crippen LogP contribution in [-0.2, 0) is 32.7 Å². The molecule has 2 unspecified atom stereocenters. The van der Waals surface area contributed by atoms with Gasteiger partial charge in [-0.1, -0.05) is 384 Å². The van der Waals surface area contributed by atoms with Crippen LogP contribution in [0.5, 0.6) is 0 Å². The Bertz CT molecular complexity index is 2290. The Morgan fingerprint density at radius 3 is 0.784 bits per heavy atom. The number of hydrogen-bond donors (Lipinski definition) is 1. The molecular formula is C92H159NO8P+. The van der Waals surface area contributed by atoms with Crippen molar-refractivity contribution in [1.29, 1.82) is 0 Å². The highest BCUT2D eigenvalue weighted by molar-refractivity contribution is 7.47. The molecule has 0 aromatic rings. The van der Waals surface area contributed by atoms with Gasteiger partial charge in [-0.05, 0) is 122 Å². The van der Waals surface area contributed by atoms with Gasteiger partial charge in [-0.25, -0.2) is 4.57 Å². The highest BCUT2D eigenvalue weighted by Gasteiger charge is 2.27. The first-order valence-electron chi connectivity index (χ1n) is 42.2. The first-order chi connectivity index (χ1) is 50.0. The van der Waals surface area contributed by atoms with Crippen molar-refractivity contribution < 1.29 is 42.1 Å². The molecular weight excluding hydrogens is 1280 g/mol. The number of esters is 2. The number of unbranched alkanes of at least 4 members (excludes halogenated alkanes) is 37. The predicted molar refractivity (Wildman–Crippen MR) is 445 cm³/mol. The number of allylic oxidation sites excluding steroid dienone is 26. The molecule has 0 fully saturated rings. The van der Waals surface area contributed by atoms with E-state index in [2.05, 4.69) is 172 Å². The fourth-order valence-corrected chi connectivity index (χ4v) is 12.5. The molecule has 9 nitrogen and oxygen atoms in total. The first-order valence-corrected chi connectivity index (χ1v) is 43.7. The summed E-state index contributed by atoms with van der Waals surface area (Å²) in [5, 5.41) is 0. The number of carbonyl (C=O) groups is 2. The highest BCUT2D eigenvalue weighted by Crippen LogP contribution is 2.43. The molecule has 0 radical (unpaired) electrons. The number of carbonyl (C=O) groups excluding carboxylic acids is 2. The predicted octanol–water partition coefficient (Wildman–Crippen LogP) is 28.6. The van der Waals surface area contributed by atoms with Crippen LogP contribution in [0.3, 0.4) is 0 Å². The molecule has 0 bridgehead atoms. The van der Waals surface area contributed by atoms with Gasteiger partial charge in [0.05, 0.1) is 27.7 Å². The summed E-state index contributed by atoms with van der Waals surface area (Å²) in [4.78, 5) is 36.0. The Morgan fingerprint density at radius 2 is 0.529 bits per heavy atom. The Hall–Kier alpha value is -4.37. The van der Waals surface area contributed by atoms with E-state index < -0.39 is 26.5 Å². The molecule has 0 rings (SSSR count). The largest absolute Gasteiger partial charge is 0.472 e. The summed E-state index contributed by atoms with van der Waals surface area (Å²) in [6, 6.07) is 0. The van der Waals surface area contributed by atoms with Crippen molar-refractivity contribution in [3.8, 4) is 0 Å². The van der Waals surface area contributed by atoms with Crippen molar-refractivity contribution in [2.75, 3.05) is 47.5 Å². The van der Waals surface area contributed by atoms with E-state index in [1.165, 1.54) is 199 Å². The van der Waals surface area contributed by atoms with E-state index in [4.69, 9.17) is 18.5 Å². The van der Waals surface area contributed by atoms with Crippen LogP contribution in [0.1, 0.15) is 361 Å². The maximum Gasteiger partial charge on any atom is 0.472 e. The Labute approximate surface area is 630 Å². The molecule has 1 N–H and O–H groups in total. The topological polar surface area (TPSA) is 108 Å². The highest BCUT2D eigenvalue weighted by atomic mass is 31.2. The van der Waals surface area contributed by atoms with Gasteiger partial charge in [0.2, 0.25) is 0 Å². The fraction of sp³-hybridized carbons (Fsp3) is 0.696. The number of ether oxygens (including phenoxy) is 2. The second-order valence-corrected chi connectivity index (χ2v) is 30.6.